The molecule has 1 aromatic carbocycles. The third-order valence-corrected chi connectivity index (χ3v) is 6.23. The van der Waals surface area contributed by atoms with Crippen molar-refractivity contribution in [3.63, 3.8) is 0 Å². The number of esters is 1. The summed E-state index contributed by atoms with van der Waals surface area (Å²) in [5.74, 6) is 0.518. The zero-order chi connectivity index (χ0) is 19.5. The Labute approximate surface area is 168 Å². The lowest BCUT2D eigenvalue weighted by atomic mass is 10.2. The fraction of sp³-hybridized carbons (Fsp3) is 0.381. The SMILES string of the molecule is CCOC(=O)c1sc2ncnc(NC3CCN(Cc4ccccc4)C3)c2c1C. The first-order valence-corrected chi connectivity index (χ1v) is 10.4. The van der Waals surface area contributed by atoms with Crippen LogP contribution in [0.25, 0.3) is 10.2 Å². The highest BCUT2D eigenvalue weighted by molar-refractivity contribution is 7.20. The van der Waals surface area contributed by atoms with Crippen LogP contribution in [-0.2, 0) is 11.3 Å². The number of carbonyl (C=O) groups excluding carboxylic acids is 1. The molecule has 3 aromatic rings. The number of carbonyl (C=O) groups is 1. The van der Waals surface area contributed by atoms with E-state index in [-0.39, 0.29) is 5.97 Å². The summed E-state index contributed by atoms with van der Waals surface area (Å²) < 4.78 is 5.18. The standard InChI is InChI=1S/C21H24N4O2S/c1-3-27-21(26)18-14(2)17-19(22-13-23-20(17)28-18)24-16-9-10-25(12-16)11-15-7-5-4-6-8-15/h4-8,13,16H,3,9-12H2,1-2H3,(H,22,23,24). The molecule has 0 radical (unpaired) electrons. The molecule has 1 aliphatic rings. The summed E-state index contributed by atoms with van der Waals surface area (Å²) >= 11 is 1.37. The minimum Gasteiger partial charge on any atom is -0.462 e. The van der Waals surface area contributed by atoms with E-state index in [4.69, 9.17) is 4.74 Å². The largest absolute Gasteiger partial charge is 0.462 e. The number of nitrogens with zero attached hydrogens (tertiary/aromatic N) is 3. The van der Waals surface area contributed by atoms with Crippen LogP contribution < -0.4 is 5.32 Å². The zero-order valence-electron chi connectivity index (χ0n) is 16.1. The van der Waals surface area contributed by atoms with Crippen molar-refractivity contribution in [1.29, 1.82) is 0 Å². The maximum absolute atomic E-state index is 12.2. The molecule has 28 heavy (non-hydrogen) atoms. The van der Waals surface area contributed by atoms with Gasteiger partial charge in [-0.25, -0.2) is 14.8 Å². The van der Waals surface area contributed by atoms with Crippen LogP contribution in [0.5, 0.6) is 0 Å². The lowest BCUT2D eigenvalue weighted by molar-refractivity contribution is 0.0531. The minimum atomic E-state index is -0.288. The van der Waals surface area contributed by atoms with E-state index in [2.05, 4.69) is 44.5 Å². The Kier molecular flexibility index (Phi) is 5.54. The fourth-order valence-electron chi connectivity index (χ4n) is 3.70. The van der Waals surface area contributed by atoms with Gasteiger partial charge in [0, 0.05) is 25.7 Å². The van der Waals surface area contributed by atoms with Gasteiger partial charge in [0.25, 0.3) is 0 Å². The number of likely N-dealkylation sites (tertiary alicyclic amines) is 1. The minimum absolute atomic E-state index is 0.288. The highest BCUT2D eigenvalue weighted by atomic mass is 32.1. The van der Waals surface area contributed by atoms with E-state index in [1.165, 1.54) is 16.9 Å². The van der Waals surface area contributed by atoms with Crippen molar-refractivity contribution in [3.8, 4) is 0 Å². The molecule has 1 N–H and O–H groups in total. The van der Waals surface area contributed by atoms with Crippen molar-refractivity contribution in [3.05, 3.63) is 52.7 Å². The summed E-state index contributed by atoms with van der Waals surface area (Å²) in [6.07, 6.45) is 2.62. The average molecular weight is 397 g/mol. The Bertz CT molecular complexity index is 973. The third-order valence-electron chi connectivity index (χ3n) is 5.05. The quantitative estimate of drug-likeness (QED) is 0.638. The number of aromatic nitrogens is 2. The van der Waals surface area contributed by atoms with E-state index in [1.54, 1.807) is 6.33 Å². The molecule has 1 saturated heterocycles. The van der Waals surface area contributed by atoms with Crippen molar-refractivity contribution >= 4 is 33.3 Å². The Morgan fingerprint density at radius 1 is 1.32 bits per heavy atom. The second-order valence-electron chi connectivity index (χ2n) is 7.03. The van der Waals surface area contributed by atoms with Crippen LogP contribution in [0.2, 0.25) is 0 Å². The number of hydrogen-bond acceptors (Lipinski definition) is 7. The number of rotatable bonds is 6. The van der Waals surface area contributed by atoms with Crippen LogP contribution in [0.3, 0.4) is 0 Å². The van der Waals surface area contributed by atoms with Gasteiger partial charge in [-0.1, -0.05) is 30.3 Å². The van der Waals surface area contributed by atoms with E-state index < -0.39 is 0 Å². The van der Waals surface area contributed by atoms with E-state index in [1.807, 2.05) is 19.9 Å². The van der Waals surface area contributed by atoms with Gasteiger partial charge in [0.1, 0.15) is 21.9 Å². The van der Waals surface area contributed by atoms with Crippen LogP contribution >= 0.6 is 11.3 Å². The maximum Gasteiger partial charge on any atom is 0.348 e. The fourth-order valence-corrected chi connectivity index (χ4v) is 4.74. The van der Waals surface area contributed by atoms with Crippen LogP contribution in [-0.4, -0.2) is 46.6 Å². The molecule has 7 heteroatoms. The number of fused-ring (bicyclic) bond motifs is 1. The predicted octanol–water partition coefficient (Wildman–Crippen LogP) is 3.86. The second kappa shape index (κ2) is 8.24. The highest BCUT2D eigenvalue weighted by Crippen LogP contribution is 2.34. The molecule has 0 saturated carbocycles. The predicted molar refractivity (Wildman–Crippen MR) is 112 cm³/mol. The summed E-state index contributed by atoms with van der Waals surface area (Å²) in [5.41, 5.74) is 2.22. The monoisotopic (exact) mass is 396 g/mol. The Balaban J connectivity index is 1.50. The molecule has 0 spiro atoms. The molecule has 1 unspecified atom stereocenters. The van der Waals surface area contributed by atoms with Crippen LogP contribution in [0.4, 0.5) is 5.82 Å². The summed E-state index contributed by atoms with van der Waals surface area (Å²) in [5, 5.41) is 4.51. The second-order valence-corrected chi connectivity index (χ2v) is 8.03. The van der Waals surface area contributed by atoms with Gasteiger partial charge in [-0.15, -0.1) is 11.3 Å². The molecule has 4 rings (SSSR count). The molecular formula is C21H24N4O2S. The molecule has 146 valence electrons. The topological polar surface area (TPSA) is 67.3 Å². The molecule has 0 bridgehead atoms. The van der Waals surface area contributed by atoms with Gasteiger partial charge in [0.05, 0.1) is 12.0 Å². The molecular weight excluding hydrogens is 372 g/mol. The van der Waals surface area contributed by atoms with Gasteiger partial charge in [0.2, 0.25) is 0 Å². The average Bonchev–Trinajstić information content (AvgIpc) is 3.27. The number of anilines is 1. The van der Waals surface area contributed by atoms with E-state index in [0.717, 1.165) is 47.7 Å². The smallest absolute Gasteiger partial charge is 0.348 e. The molecule has 3 heterocycles. The van der Waals surface area contributed by atoms with Crippen molar-refractivity contribution in [2.75, 3.05) is 25.0 Å². The lowest BCUT2D eigenvalue weighted by Crippen LogP contribution is -2.26. The molecule has 0 aliphatic carbocycles. The van der Waals surface area contributed by atoms with Crippen LogP contribution in [0, 0.1) is 6.92 Å². The molecule has 1 fully saturated rings. The van der Waals surface area contributed by atoms with Crippen LogP contribution in [0.15, 0.2) is 36.7 Å². The third kappa shape index (κ3) is 3.86. The van der Waals surface area contributed by atoms with Gasteiger partial charge >= 0.3 is 5.97 Å². The summed E-state index contributed by atoms with van der Waals surface area (Å²) in [6, 6.07) is 10.9. The number of thiophene rings is 1. The van der Waals surface area contributed by atoms with Gasteiger partial charge in [-0.3, -0.25) is 4.90 Å². The number of nitrogens with one attached hydrogen (secondary N) is 1. The summed E-state index contributed by atoms with van der Waals surface area (Å²) in [7, 11) is 0. The van der Waals surface area contributed by atoms with Gasteiger partial charge in [0.15, 0.2) is 0 Å². The first-order chi connectivity index (χ1) is 13.7. The number of aryl methyl sites for hydroxylation is 1. The van der Waals surface area contributed by atoms with E-state index in [0.29, 0.717) is 17.5 Å². The molecule has 1 atom stereocenters. The molecule has 0 amide bonds. The number of benzene rings is 1. The van der Waals surface area contributed by atoms with Gasteiger partial charge in [-0.05, 0) is 31.4 Å². The van der Waals surface area contributed by atoms with E-state index in [9.17, 15) is 4.79 Å². The number of ether oxygens (including phenoxy) is 1. The molecule has 1 aliphatic heterocycles. The summed E-state index contributed by atoms with van der Waals surface area (Å²) in [6.45, 7) is 7.10. The zero-order valence-corrected chi connectivity index (χ0v) is 17.0. The molecule has 2 aromatic heterocycles. The first-order valence-electron chi connectivity index (χ1n) is 9.59. The Morgan fingerprint density at radius 2 is 2.14 bits per heavy atom. The Morgan fingerprint density at radius 3 is 2.93 bits per heavy atom. The van der Waals surface area contributed by atoms with Gasteiger partial charge in [-0.2, -0.15) is 0 Å². The van der Waals surface area contributed by atoms with Crippen molar-refractivity contribution in [2.24, 2.45) is 0 Å². The Hall–Kier alpha value is -2.51. The van der Waals surface area contributed by atoms with Crippen molar-refractivity contribution < 1.29 is 9.53 Å². The van der Waals surface area contributed by atoms with Crippen molar-refractivity contribution in [2.45, 2.75) is 32.9 Å². The first kappa shape index (κ1) is 18.8. The molecule has 6 nitrogen and oxygen atoms in total. The van der Waals surface area contributed by atoms with E-state index >= 15 is 0 Å². The number of hydrogen-bond donors (Lipinski definition) is 1. The highest BCUT2D eigenvalue weighted by Gasteiger charge is 2.25. The van der Waals surface area contributed by atoms with Crippen LogP contribution in [0.1, 0.15) is 34.1 Å². The maximum atomic E-state index is 12.2. The van der Waals surface area contributed by atoms with Gasteiger partial charge < -0.3 is 10.1 Å². The van der Waals surface area contributed by atoms with Crippen molar-refractivity contribution in [1.82, 2.24) is 14.9 Å². The summed E-state index contributed by atoms with van der Waals surface area (Å²) in [4.78, 5) is 24.9. The normalized spacial score (nSPS) is 17.1. The lowest BCUT2D eigenvalue weighted by Gasteiger charge is -2.17.